The fourth-order valence-corrected chi connectivity index (χ4v) is 3.50. The van der Waals surface area contributed by atoms with E-state index in [0.29, 0.717) is 12.2 Å². The number of aromatic nitrogens is 4. The second-order valence-corrected chi connectivity index (χ2v) is 6.37. The second-order valence-electron chi connectivity index (χ2n) is 6.37. The predicted molar refractivity (Wildman–Crippen MR) is 86.7 cm³/mol. The molecule has 1 aliphatic heterocycles. The molecule has 0 N–H and O–H groups in total. The van der Waals surface area contributed by atoms with Crippen LogP contribution in [0.15, 0.2) is 23.0 Å². The van der Waals surface area contributed by atoms with Gasteiger partial charge in [0.05, 0.1) is 11.7 Å². The Hall–Kier alpha value is -2.70. The first kappa shape index (κ1) is 14.9. The highest BCUT2D eigenvalue weighted by atomic mass is 16.6. The van der Waals surface area contributed by atoms with Gasteiger partial charge in [0.1, 0.15) is 22.7 Å². The molecule has 7 nitrogen and oxygen atoms in total. The van der Waals surface area contributed by atoms with Crippen molar-refractivity contribution in [3.8, 4) is 0 Å². The van der Waals surface area contributed by atoms with Gasteiger partial charge in [-0.25, -0.2) is 9.61 Å². The first-order chi connectivity index (χ1) is 11.6. The van der Waals surface area contributed by atoms with Crippen LogP contribution in [0.3, 0.4) is 0 Å². The number of aryl methyl sites for hydroxylation is 3. The molecule has 0 aliphatic carbocycles. The lowest BCUT2D eigenvalue weighted by molar-refractivity contribution is 0.0722. The molecular formula is C17H19N5O2. The third-order valence-electron chi connectivity index (χ3n) is 4.66. The van der Waals surface area contributed by atoms with Crippen LogP contribution in [0, 0.1) is 20.8 Å². The quantitative estimate of drug-likeness (QED) is 0.724. The third-order valence-corrected chi connectivity index (χ3v) is 4.66. The van der Waals surface area contributed by atoms with Crippen LogP contribution in [-0.4, -0.2) is 37.0 Å². The summed E-state index contributed by atoms with van der Waals surface area (Å²) in [6.45, 7) is 6.44. The van der Waals surface area contributed by atoms with Gasteiger partial charge in [-0.05, 0) is 45.2 Å². The number of amides is 1. The number of imidazole rings is 1. The minimum absolute atomic E-state index is 0.0181. The molecule has 1 atom stereocenters. The summed E-state index contributed by atoms with van der Waals surface area (Å²) in [5, 5.41) is 7.86. The Morgan fingerprint density at radius 2 is 2.04 bits per heavy atom. The number of carbonyl (C=O) groups excluding carboxylic acids is 1. The van der Waals surface area contributed by atoms with Crippen molar-refractivity contribution in [1.29, 1.82) is 0 Å². The zero-order valence-electron chi connectivity index (χ0n) is 14.0. The highest BCUT2D eigenvalue weighted by molar-refractivity contribution is 5.95. The fraction of sp³-hybridized carbons (Fsp3) is 0.412. The highest BCUT2D eigenvalue weighted by Gasteiger charge is 2.35. The van der Waals surface area contributed by atoms with Crippen LogP contribution in [0.5, 0.6) is 0 Å². The van der Waals surface area contributed by atoms with Gasteiger partial charge >= 0.3 is 0 Å². The summed E-state index contributed by atoms with van der Waals surface area (Å²) in [4.78, 5) is 19.6. The number of hydrogen-bond donors (Lipinski definition) is 0. The fourth-order valence-electron chi connectivity index (χ4n) is 3.50. The van der Waals surface area contributed by atoms with Crippen LogP contribution in [0.25, 0.3) is 5.65 Å². The first-order valence-electron chi connectivity index (χ1n) is 8.11. The van der Waals surface area contributed by atoms with Gasteiger partial charge < -0.3 is 4.90 Å². The smallest absolute Gasteiger partial charge is 0.273 e. The summed E-state index contributed by atoms with van der Waals surface area (Å²) in [5.74, 6) is -0.0181. The van der Waals surface area contributed by atoms with E-state index in [1.807, 2.05) is 48.4 Å². The van der Waals surface area contributed by atoms with Gasteiger partial charge in [0.2, 0.25) is 0 Å². The molecule has 1 amide bonds. The van der Waals surface area contributed by atoms with E-state index >= 15 is 0 Å². The zero-order chi connectivity index (χ0) is 16.8. The Labute approximate surface area is 139 Å². The van der Waals surface area contributed by atoms with Gasteiger partial charge in [-0.2, -0.15) is 0 Å². The zero-order valence-corrected chi connectivity index (χ0v) is 14.0. The molecule has 4 rings (SSSR count). The molecule has 0 spiro atoms. The van der Waals surface area contributed by atoms with Crippen molar-refractivity contribution >= 4 is 11.6 Å². The normalized spacial score (nSPS) is 17.8. The number of fused-ring (bicyclic) bond motifs is 1. The van der Waals surface area contributed by atoms with Crippen LogP contribution in [-0.2, 0) is 0 Å². The van der Waals surface area contributed by atoms with Gasteiger partial charge in [0.15, 0.2) is 0 Å². The van der Waals surface area contributed by atoms with Crippen molar-refractivity contribution in [2.45, 2.75) is 39.7 Å². The van der Waals surface area contributed by atoms with Crippen LogP contribution in [0.4, 0.5) is 0 Å². The monoisotopic (exact) mass is 325 g/mol. The molecule has 0 aromatic carbocycles. The Morgan fingerprint density at radius 3 is 2.79 bits per heavy atom. The molecule has 3 aromatic heterocycles. The number of nitrogens with zero attached hydrogens (tertiary/aromatic N) is 5. The summed E-state index contributed by atoms with van der Waals surface area (Å²) in [5.41, 5.74) is 4.73. The molecule has 3 aromatic rings. The molecule has 0 radical (unpaired) electrons. The molecular weight excluding hydrogens is 306 g/mol. The van der Waals surface area contributed by atoms with E-state index in [-0.39, 0.29) is 11.9 Å². The Bertz CT molecular complexity index is 926. The lowest BCUT2D eigenvalue weighted by Crippen LogP contribution is -2.32. The lowest BCUT2D eigenvalue weighted by Gasteiger charge is -2.23. The number of hydrogen-bond acceptors (Lipinski definition) is 5. The molecule has 1 fully saturated rings. The molecule has 1 aliphatic rings. The number of likely N-dealkylation sites (tertiary alicyclic amines) is 1. The molecule has 7 heteroatoms. The van der Waals surface area contributed by atoms with E-state index in [2.05, 4.69) is 15.3 Å². The standard InChI is InChI=1S/C17H19N5O2/c1-10-6-7-14-18-12(3)16(22(14)9-10)17(23)21-8-4-5-13(21)15-11(2)19-24-20-15/h6-7,9,13H,4-5,8H2,1-3H3/t13-/m0/s1. The molecule has 0 saturated carbocycles. The maximum absolute atomic E-state index is 13.3. The predicted octanol–water partition coefficient (Wildman–Crippen LogP) is 2.62. The van der Waals surface area contributed by atoms with Gasteiger partial charge in [0.25, 0.3) is 5.91 Å². The highest BCUT2D eigenvalue weighted by Crippen LogP contribution is 2.33. The van der Waals surface area contributed by atoms with Crippen molar-refractivity contribution in [3.63, 3.8) is 0 Å². The van der Waals surface area contributed by atoms with Crippen molar-refractivity contribution in [2.75, 3.05) is 6.54 Å². The van der Waals surface area contributed by atoms with Gasteiger partial charge in [-0.1, -0.05) is 16.4 Å². The summed E-state index contributed by atoms with van der Waals surface area (Å²) in [7, 11) is 0. The minimum atomic E-state index is -0.0847. The second kappa shape index (κ2) is 5.43. The SMILES string of the molecule is Cc1ccc2nc(C)c(C(=O)N3CCC[C@H]3c3nonc3C)n2c1. The third kappa shape index (κ3) is 2.19. The number of rotatable bonds is 2. The van der Waals surface area contributed by atoms with Gasteiger partial charge in [-0.15, -0.1) is 0 Å². The maximum Gasteiger partial charge on any atom is 0.273 e. The summed E-state index contributed by atoms with van der Waals surface area (Å²) >= 11 is 0. The van der Waals surface area contributed by atoms with Gasteiger partial charge in [-0.3, -0.25) is 9.20 Å². The molecule has 1 saturated heterocycles. The first-order valence-corrected chi connectivity index (χ1v) is 8.11. The Morgan fingerprint density at radius 1 is 1.21 bits per heavy atom. The molecule has 124 valence electrons. The van der Waals surface area contributed by atoms with Crippen LogP contribution < -0.4 is 0 Å². The van der Waals surface area contributed by atoms with Gasteiger partial charge in [0, 0.05) is 12.7 Å². The molecule has 24 heavy (non-hydrogen) atoms. The number of carbonyl (C=O) groups is 1. The van der Waals surface area contributed by atoms with Crippen molar-refractivity contribution < 1.29 is 9.42 Å². The maximum atomic E-state index is 13.3. The average molecular weight is 325 g/mol. The summed E-state index contributed by atoms with van der Waals surface area (Å²) < 4.78 is 6.72. The van der Waals surface area contributed by atoms with E-state index in [9.17, 15) is 4.79 Å². The van der Waals surface area contributed by atoms with Crippen LogP contribution in [0.2, 0.25) is 0 Å². The van der Waals surface area contributed by atoms with Crippen LogP contribution in [0.1, 0.15) is 52.0 Å². The van der Waals surface area contributed by atoms with E-state index in [1.165, 1.54) is 0 Å². The van der Waals surface area contributed by atoms with Crippen molar-refractivity contribution in [1.82, 2.24) is 24.6 Å². The van der Waals surface area contributed by atoms with E-state index in [0.717, 1.165) is 41.1 Å². The van der Waals surface area contributed by atoms with Crippen molar-refractivity contribution in [3.05, 3.63) is 46.7 Å². The Balaban J connectivity index is 1.77. The molecule has 0 unspecified atom stereocenters. The minimum Gasteiger partial charge on any atom is -0.328 e. The topological polar surface area (TPSA) is 76.5 Å². The largest absolute Gasteiger partial charge is 0.328 e. The summed E-state index contributed by atoms with van der Waals surface area (Å²) in [6, 6.07) is 3.85. The average Bonchev–Trinajstić information content (AvgIpc) is 3.24. The molecule has 0 bridgehead atoms. The van der Waals surface area contributed by atoms with E-state index < -0.39 is 0 Å². The van der Waals surface area contributed by atoms with Crippen LogP contribution >= 0.6 is 0 Å². The molecule has 4 heterocycles. The Kier molecular flexibility index (Phi) is 3.37. The van der Waals surface area contributed by atoms with Crippen molar-refractivity contribution in [2.24, 2.45) is 0 Å². The number of pyridine rings is 1. The van der Waals surface area contributed by atoms with E-state index in [1.54, 1.807) is 0 Å². The van der Waals surface area contributed by atoms with E-state index in [4.69, 9.17) is 4.63 Å². The lowest BCUT2D eigenvalue weighted by atomic mass is 10.1. The summed E-state index contributed by atoms with van der Waals surface area (Å²) in [6.07, 6.45) is 3.77.